The lowest BCUT2D eigenvalue weighted by atomic mass is 10.1. The molecule has 3 N–H and O–H groups in total. The monoisotopic (exact) mass is 331 g/mol. The molecule has 0 aliphatic rings. The summed E-state index contributed by atoms with van der Waals surface area (Å²) >= 11 is 0. The number of benzene rings is 1. The molecule has 0 spiro atoms. The molecule has 126 valence electrons. The van der Waals surface area contributed by atoms with Crippen LogP contribution < -0.4 is 10.6 Å². The van der Waals surface area contributed by atoms with Gasteiger partial charge in [0.2, 0.25) is 11.8 Å². The summed E-state index contributed by atoms with van der Waals surface area (Å²) in [5.41, 5.74) is 1.47. The summed E-state index contributed by atoms with van der Waals surface area (Å²) in [6.07, 6.45) is 3.23. The quantitative estimate of drug-likeness (QED) is 0.691. The number of hydrogen-bond donors (Lipinski definition) is 3. The van der Waals surface area contributed by atoms with Gasteiger partial charge >= 0.3 is 0 Å². The van der Waals surface area contributed by atoms with E-state index >= 15 is 0 Å². The average Bonchev–Trinajstić information content (AvgIpc) is 2.59. The third-order valence-electron chi connectivity index (χ3n) is 3.33. The molecular formula is C17H18FN3O3. The highest BCUT2D eigenvalue weighted by molar-refractivity contribution is 5.88. The van der Waals surface area contributed by atoms with Crippen molar-refractivity contribution in [2.45, 2.75) is 19.0 Å². The van der Waals surface area contributed by atoms with Crippen molar-refractivity contribution in [1.82, 2.24) is 15.6 Å². The van der Waals surface area contributed by atoms with Gasteiger partial charge in [0.1, 0.15) is 11.9 Å². The third kappa shape index (κ3) is 5.44. The summed E-state index contributed by atoms with van der Waals surface area (Å²) in [4.78, 5) is 27.8. The van der Waals surface area contributed by atoms with E-state index in [0.29, 0.717) is 5.56 Å². The molecule has 0 radical (unpaired) electrons. The second-order valence-corrected chi connectivity index (χ2v) is 5.18. The van der Waals surface area contributed by atoms with Gasteiger partial charge in [0.25, 0.3) is 0 Å². The number of rotatable bonds is 7. The number of carbonyl (C=O) groups excluding carboxylic acids is 2. The minimum atomic E-state index is -1.04. The van der Waals surface area contributed by atoms with Gasteiger partial charge in [-0.2, -0.15) is 0 Å². The van der Waals surface area contributed by atoms with E-state index in [1.165, 1.54) is 12.1 Å². The fraction of sp³-hybridized carbons (Fsp3) is 0.235. The maximum Gasteiger partial charge on any atom is 0.245 e. The van der Waals surface area contributed by atoms with Gasteiger partial charge in [0, 0.05) is 18.9 Å². The van der Waals surface area contributed by atoms with Crippen LogP contribution in [-0.4, -0.2) is 34.6 Å². The Morgan fingerprint density at radius 3 is 2.38 bits per heavy atom. The first kappa shape index (κ1) is 17.6. The summed E-state index contributed by atoms with van der Waals surface area (Å²) in [6, 6.07) is 8.03. The lowest BCUT2D eigenvalue weighted by Gasteiger charge is -2.16. The van der Waals surface area contributed by atoms with Crippen molar-refractivity contribution < 1.29 is 19.1 Å². The molecule has 1 atom stereocenters. The average molecular weight is 331 g/mol. The second kappa shape index (κ2) is 8.73. The van der Waals surface area contributed by atoms with E-state index in [9.17, 15) is 19.1 Å². The molecule has 1 heterocycles. The predicted molar refractivity (Wildman–Crippen MR) is 85.2 cm³/mol. The summed E-state index contributed by atoms with van der Waals surface area (Å²) in [5, 5.41) is 14.4. The van der Waals surface area contributed by atoms with Crippen LogP contribution in [0, 0.1) is 5.82 Å². The molecule has 7 heteroatoms. The van der Waals surface area contributed by atoms with Gasteiger partial charge in [0.05, 0.1) is 13.0 Å². The molecule has 0 bridgehead atoms. The van der Waals surface area contributed by atoms with Crippen molar-refractivity contribution in [3.8, 4) is 0 Å². The van der Waals surface area contributed by atoms with E-state index in [2.05, 4.69) is 15.6 Å². The SMILES string of the molecule is O=C(Cc1ccncc1)NC(CO)C(=O)NCc1ccc(F)cc1. The normalized spacial score (nSPS) is 11.6. The van der Waals surface area contributed by atoms with E-state index in [0.717, 1.165) is 5.56 Å². The molecule has 0 saturated heterocycles. The highest BCUT2D eigenvalue weighted by Crippen LogP contribution is 2.02. The number of amides is 2. The van der Waals surface area contributed by atoms with Crippen molar-refractivity contribution in [2.24, 2.45) is 0 Å². The first-order chi connectivity index (χ1) is 11.6. The number of carbonyl (C=O) groups is 2. The Kier molecular flexibility index (Phi) is 6.39. The molecule has 6 nitrogen and oxygen atoms in total. The van der Waals surface area contributed by atoms with Gasteiger partial charge in [-0.25, -0.2) is 4.39 Å². The molecule has 2 rings (SSSR count). The zero-order valence-corrected chi connectivity index (χ0v) is 12.9. The van der Waals surface area contributed by atoms with E-state index < -0.39 is 18.6 Å². The smallest absolute Gasteiger partial charge is 0.245 e. The van der Waals surface area contributed by atoms with Crippen molar-refractivity contribution in [3.63, 3.8) is 0 Å². The minimum absolute atomic E-state index is 0.0876. The van der Waals surface area contributed by atoms with E-state index in [1.807, 2.05) is 0 Å². The van der Waals surface area contributed by atoms with Crippen LogP contribution in [0.15, 0.2) is 48.8 Å². The van der Waals surface area contributed by atoms with Crippen molar-refractivity contribution in [1.29, 1.82) is 0 Å². The largest absolute Gasteiger partial charge is 0.394 e. The van der Waals surface area contributed by atoms with Crippen LogP contribution >= 0.6 is 0 Å². The first-order valence-corrected chi connectivity index (χ1v) is 7.40. The number of hydrogen-bond acceptors (Lipinski definition) is 4. The Labute approximate surface area is 138 Å². The number of aliphatic hydroxyl groups excluding tert-OH is 1. The van der Waals surface area contributed by atoms with Crippen LogP contribution in [0.1, 0.15) is 11.1 Å². The lowest BCUT2D eigenvalue weighted by molar-refractivity contribution is -0.129. The standard InChI is InChI=1S/C17H18FN3O3/c18-14-3-1-13(2-4-14)10-20-17(24)15(11-22)21-16(23)9-12-5-7-19-8-6-12/h1-8,15,22H,9-11H2,(H,20,24)(H,21,23). The highest BCUT2D eigenvalue weighted by atomic mass is 19.1. The molecule has 0 aliphatic heterocycles. The number of aliphatic hydroxyl groups is 1. The number of pyridine rings is 1. The fourth-order valence-corrected chi connectivity index (χ4v) is 2.04. The molecular weight excluding hydrogens is 313 g/mol. The number of halogens is 1. The zero-order valence-electron chi connectivity index (χ0n) is 12.9. The maximum absolute atomic E-state index is 12.8. The Hall–Kier alpha value is -2.80. The minimum Gasteiger partial charge on any atom is -0.394 e. The van der Waals surface area contributed by atoms with Crippen LogP contribution in [0.5, 0.6) is 0 Å². The topological polar surface area (TPSA) is 91.3 Å². The van der Waals surface area contributed by atoms with Gasteiger partial charge in [-0.1, -0.05) is 12.1 Å². The second-order valence-electron chi connectivity index (χ2n) is 5.18. The predicted octanol–water partition coefficient (Wildman–Crippen LogP) is 0.557. The molecule has 2 amide bonds. The van der Waals surface area contributed by atoms with Crippen molar-refractivity contribution >= 4 is 11.8 Å². The molecule has 2 aromatic rings. The maximum atomic E-state index is 12.8. The summed E-state index contributed by atoms with van der Waals surface area (Å²) < 4.78 is 12.8. The molecule has 1 unspecified atom stereocenters. The lowest BCUT2D eigenvalue weighted by Crippen LogP contribution is -2.49. The number of nitrogens with one attached hydrogen (secondary N) is 2. The Morgan fingerprint density at radius 1 is 1.08 bits per heavy atom. The number of nitrogens with zero attached hydrogens (tertiary/aromatic N) is 1. The molecule has 0 saturated carbocycles. The van der Waals surface area contributed by atoms with Crippen LogP contribution in [0.2, 0.25) is 0 Å². The molecule has 0 aliphatic carbocycles. The Morgan fingerprint density at radius 2 is 1.75 bits per heavy atom. The van der Waals surface area contributed by atoms with E-state index in [1.54, 1.807) is 36.7 Å². The van der Waals surface area contributed by atoms with E-state index in [4.69, 9.17) is 0 Å². The zero-order chi connectivity index (χ0) is 17.4. The van der Waals surface area contributed by atoms with Gasteiger partial charge in [-0.15, -0.1) is 0 Å². The van der Waals surface area contributed by atoms with E-state index in [-0.39, 0.29) is 24.7 Å². The summed E-state index contributed by atoms with van der Waals surface area (Å²) in [7, 11) is 0. The third-order valence-corrected chi connectivity index (χ3v) is 3.33. The fourth-order valence-electron chi connectivity index (χ4n) is 2.04. The summed E-state index contributed by atoms with van der Waals surface area (Å²) in [5.74, 6) is -1.25. The first-order valence-electron chi connectivity index (χ1n) is 7.40. The molecule has 0 fully saturated rings. The molecule has 24 heavy (non-hydrogen) atoms. The van der Waals surface area contributed by atoms with Gasteiger partial charge in [-0.3, -0.25) is 14.6 Å². The Bertz CT molecular complexity index is 677. The number of aromatic nitrogens is 1. The van der Waals surface area contributed by atoms with Gasteiger partial charge in [-0.05, 0) is 35.4 Å². The Balaban J connectivity index is 1.84. The van der Waals surface area contributed by atoms with Crippen molar-refractivity contribution in [2.75, 3.05) is 6.61 Å². The molecule has 1 aromatic heterocycles. The van der Waals surface area contributed by atoms with Crippen LogP contribution in [-0.2, 0) is 22.6 Å². The van der Waals surface area contributed by atoms with Crippen LogP contribution in [0.3, 0.4) is 0 Å². The molecule has 1 aromatic carbocycles. The van der Waals surface area contributed by atoms with Gasteiger partial charge < -0.3 is 15.7 Å². The van der Waals surface area contributed by atoms with Crippen LogP contribution in [0.25, 0.3) is 0 Å². The van der Waals surface area contributed by atoms with Crippen molar-refractivity contribution in [3.05, 3.63) is 65.7 Å². The highest BCUT2D eigenvalue weighted by Gasteiger charge is 2.19. The van der Waals surface area contributed by atoms with Crippen LogP contribution in [0.4, 0.5) is 4.39 Å². The summed E-state index contributed by atoms with van der Waals surface area (Å²) in [6.45, 7) is -0.340. The van der Waals surface area contributed by atoms with Gasteiger partial charge in [0.15, 0.2) is 0 Å².